The minimum atomic E-state index is 0.0188. The third-order valence-electron chi connectivity index (χ3n) is 3.91. The SMILES string of the molecule is CCC(N)C(c1cccc(Br)c1)N1CCOCC1CO. The first-order valence-electron chi connectivity index (χ1n) is 7.12. The summed E-state index contributed by atoms with van der Waals surface area (Å²) in [5, 5.41) is 9.59. The number of benzene rings is 1. The van der Waals surface area contributed by atoms with E-state index in [1.54, 1.807) is 0 Å². The second-order valence-electron chi connectivity index (χ2n) is 5.22. The highest BCUT2D eigenvalue weighted by Crippen LogP contribution is 2.30. The molecule has 1 saturated heterocycles. The summed E-state index contributed by atoms with van der Waals surface area (Å²) in [7, 11) is 0. The Kier molecular flexibility index (Phi) is 5.99. The van der Waals surface area contributed by atoms with Crippen LogP contribution in [0.3, 0.4) is 0 Å². The Morgan fingerprint density at radius 2 is 2.35 bits per heavy atom. The first-order chi connectivity index (χ1) is 9.67. The van der Waals surface area contributed by atoms with Crippen LogP contribution in [0.5, 0.6) is 0 Å². The summed E-state index contributed by atoms with van der Waals surface area (Å²) in [5.41, 5.74) is 7.56. The highest BCUT2D eigenvalue weighted by Gasteiger charge is 2.33. The summed E-state index contributed by atoms with van der Waals surface area (Å²) < 4.78 is 6.53. The standard InChI is InChI=1S/C15H23BrN2O2/c1-2-14(17)15(11-4-3-5-12(16)8-11)18-6-7-20-10-13(18)9-19/h3-5,8,13-15,19H,2,6-7,9-10,17H2,1H3. The van der Waals surface area contributed by atoms with Crippen molar-refractivity contribution in [2.24, 2.45) is 5.73 Å². The molecule has 0 saturated carbocycles. The van der Waals surface area contributed by atoms with Gasteiger partial charge in [0.05, 0.1) is 31.9 Å². The summed E-state index contributed by atoms with van der Waals surface area (Å²) in [4.78, 5) is 2.29. The van der Waals surface area contributed by atoms with E-state index < -0.39 is 0 Å². The van der Waals surface area contributed by atoms with Gasteiger partial charge in [-0.05, 0) is 24.1 Å². The smallest absolute Gasteiger partial charge is 0.0645 e. The Morgan fingerprint density at radius 3 is 3.00 bits per heavy atom. The van der Waals surface area contributed by atoms with Gasteiger partial charge in [0, 0.05) is 17.1 Å². The summed E-state index contributed by atoms with van der Waals surface area (Å²) in [6, 6.07) is 8.43. The molecule has 3 atom stereocenters. The van der Waals surface area contributed by atoms with Gasteiger partial charge in [-0.15, -0.1) is 0 Å². The lowest BCUT2D eigenvalue weighted by Crippen LogP contribution is -2.53. The Hall–Kier alpha value is -0.460. The molecule has 112 valence electrons. The number of nitrogens with zero attached hydrogens (tertiary/aromatic N) is 1. The van der Waals surface area contributed by atoms with E-state index in [4.69, 9.17) is 10.5 Å². The molecule has 20 heavy (non-hydrogen) atoms. The third kappa shape index (κ3) is 3.59. The zero-order valence-electron chi connectivity index (χ0n) is 11.8. The third-order valence-corrected chi connectivity index (χ3v) is 4.40. The molecule has 5 heteroatoms. The normalized spacial score (nSPS) is 23.5. The van der Waals surface area contributed by atoms with E-state index in [9.17, 15) is 5.11 Å². The number of hydrogen-bond donors (Lipinski definition) is 2. The molecule has 0 spiro atoms. The fraction of sp³-hybridized carbons (Fsp3) is 0.600. The summed E-state index contributed by atoms with van der Waals surface area (Å²) >= 11 is 3.52. The van der Waals surface area contributed by atoms with Crippen molar-refractivity contribution in [3.63, 3.8) is 0 Å². The fourth-order valence-corrected chi connectivity index (χ4v) is 3.21. The van der Waals surface area contributed by atoms with Gasteiger partial charge in [-0.25, -0.2) is 0 Å². The topological polar surface area (TPSA) is 58.7 Å². The van der Waals surface area contributed by atoms with E-state index in [0.717, 1.165) is 17.4 Å². The van der Waals surface area contributed by atoms with Gasteiger partial charge in [0.2, 0.25) is 0 Å². The second kappa shape index (κ2) is 7.52. The molecule has 0 amide bonds. The van der Waals surface area contributed by atoms with Gasteiger partial charge in [0.25, 0.3) is 0 Å². The van der Waals surface area contributed by atoms with Gasteiger partial charge in [0.1, 0.15) is 0 Å². The monoisotopic (exact) mass is 342 g/mol. The molecular weight excluding hydrogens is 320 g/mol. The molecule has 1 aromatic carbocycles. The predicted molar refractivity (Wildman–Crippen MR) is 83.5 cm³/mol. The van der Waals surface area contributed by atoms with E-state index >= 15 is 0 Å². The van der Waals surface area contributed by atoms with Crippen LogP contribution in [0.25, 0.3) is 0 Å². The quantitative estimate of drug-likeness (QED) is 0.858. The first kappa shape index (κ1) is 15.9. The van der Waals surface area contributed by atoms with Gasteiger partial charge in [0.15, 0.2) is 0 Å². The molecule has 0 bridgehead atoms. The van der Waals surface area contributed by atoms with E-state index in [-0.39, 0.29) is 24.7 Å². The lowest BCUT2D eigenvalue weighted by Gasteiger charge is -2.42. The van der Waals surface area contributed by atoms with Crippen molar-refractivity contribution in [1.29, 1.82) is 0 Å². The highest BCUT2D eigenvalue weighted by atomic mass is 79.9. The number of morpholine rings is 1. The van der Waals surface area contributed by atoms with Crippen molar-refractivity contribution in [2.45, 2.75) is 31.5 Å². The van der Waals surface area contributed by atoms with Gasteiger partial charge < -0.3 is 15.6 Å². The lowest BCUT2D eigenvalue weighted by molar-refractivity contribution is -0.0528. The molecular formula is C15H23BrN2O2. The number of hydrogen-bond acceptors (Lipinski definition) is 4. The lowest BCUT2D eigenvalue weighted by atomic mass is 9.94. The zero-order chi connectivity index (χ0) is 14.5. The summed E-state index contributed by atoms with van der Waals surface area (Å²) in [5.74, 6) is 0. The van der Waals surface area contributed by atoms with Crippen molar-refractivity contribution in [1.82, 2.24) is 4.90 Å². The molecule has 0 radical (unpaired) electrons. The van der Waals surface area contributed by atoms with Crippen LogP contribution in [0.15, 0.2) is 28.7 Å². The molecule has 0 aromatic heterocycles. The number of ether oxygens (including phenoxy) is 1. The van der Waals surface area contributed by atoms with Crippen LogP contribution in [-0.4, -0.2) is 48.5 Å². The van der Waals surface area contributed by atoms with Gasteiger partial charge >= 0.3 is 0 Å². The molecule has 1 fully saturated rings. The molecule has 3 N–H and O–H groups in total. The maximum atomic E-state index is 9.59. The average Bonchev–Trinajstić information content (AvgIpc) is 2.48. The molecule has 1 aliphatic rings. The maximum Gasteiger partial charge on any atom is 0.0645 e. The first-order valence-corrected chi connectivity index (χ1v) is 7.92. The molecule has 4 nitrogen and oxygen atoms in total. The van der Waals surface area contributed by atoms with E-state index in [0.29, 0.717) is 13.2 Å². The number of aliphatic hydroxyl groups is 1. The second-order valence-corrected chi connectivity index (χ2v) is 6.14. The zero-order valence-corrected chi connectivity index (χ0v) is 13.4. The Balaban J connectivity index is 2.31. The Morgan fingerprint density at radius 1 is 1.55 bits per heavy atom. The fourth-order valence-electron chi connectivity index (χ4n) is 2.79. The van der Waals surface area contributed by atoms with Crippen LogP contribution in [-0.2, 0) is 4.74 Å². The largest absolute Gasteiger partial charge is 0.395 e. The Labute approximate surface area is 129 Å². The van der Waals surface area contributed by atoms with Crippen molar-refractivity contribution in [3.05, 3.63) is 34.3 Å². The predicted octanol–water partition coefficient (Wildman–Crippen LogP) is 1.92. The molecule has 0 aliphatic carbocycles. The van der Waals surface area contributed by atoms with Crippen LogP contribution in [0, 0.1) is 0 Å². The van der Waals surface area contributed by atoms with Crippen molar-refractivity contribution in [3.8, 4) is 0 Å². The van der Waals surface area contributed by atoms with Gasteiger partial charge in [-0.3, -0.25) is 4.90 Å². The van der Waals surface area contributed by atoms with Crippen molar-refractivity contribution >= 4 is 15.9 Å². The summed E-state index contributed by atoms with van der Waals surface area (Å²) in [6.07, 6.45) is 0.896. The number of aliphatic hydroxyl groups excluding tert-OH is 1. The minimum absolute atomic E-state index is 0.0188. The van der Waals surface area contributed by atoms with E-state index in [1.165, 1.54) is 5.56 Å². The minimum Gasteiger partial charge on any atom is -0.395 e. The van der Waals surface area contributed by atoms with Crippen LogP contribution in [0.1, 0.15) is 24.9 Å². The highest BCUT2D eigenvalue weighted by molar-refractivity contribution is 9.10. The van der Waals surface area contributed by atoms with Crippen LogP contribution in [0.4, 0.5) is 0 Å². The molecule has 1 aromatic rings. The molecule has 2 rings (SSSR count). The number of halogens is 1. The molecule has 3 unspecified atom stereocenters. The van der Waals surface area contributed by atoms with Crippen LogP contribution in [0.2, 0.25) is 0 Å². The summed E-state index contributed by atoms with van der Waals surface area (Å²) in [6.45, 7) is 4.26. The van der Waals surface area contributed by atoms with Crippen LogP contribution >= 0.6 is 15.9 Å². The van der Waals surface area contributed by atoms with Crippen molar-refractivity contribution in [2.75, 3.05) is 26.4 Å². The molecule has 1 heterocycles. The van der Waals surface area contributed by atoms with Gasteiger partial charge in [-0.1, -0.05) is 35.0 Å². The number of nitrogens with two attached hydrogens (primary N) is 1. The van der Waals surface area contributed by atoms with Gasteiger partial charge in [-0.2, -0.15) is 0 Å². The van der Waals surface area contributed by atoms with Crippen LogP contribution < -0.4 is 5.73 Å². The average molecular weight is 343 g/mol. The molecule has 1 aliphatic heterocycles. The number of rotatable bonds is 5. The Bertz CT molecular complexity index is 430. The maximum absolute atomic E-state index is 9.59. The van der Waals surface area contributed by atoms with Crippen molar-refractivity contribution < 1.29 is 9.84 Å². The van der Waals surface area contributed by atoms with E-state index in [1.807, 2.05) is 12.1 Å². The van der Waals surface area contributed by atoms with E-state index in [2.05, 4.69) is 39.9 Å².